The van der Waals surface area contributed by atoms with Gasteiger partial charge in [-0.3, -0.25) is 0 Å². The van der Waals surface area contributed by atoms with Crippen LogP contribution in [0.2, 0.25) is 0 Å². The van der Waals surface area contributed by atoms with Crippen LogP contribution in [-0.2, 0) is 0 Å². The number of hydrogen-bond donors (Lipinski definition) is 1. The van der Waals surface area contributed by atoms with E-state index in [0.717, 1.165) is 41.9 Å². The first-order chi connectivity index (χ1) is 13.1. The fraction of sp³-hybridized carbons (Fsp3) is 0.364. The summed E-state index contributed by atoms with van der Waals surface area (Å²) in [5.41, 5.74) is 6.56. The van der Waals surface area contributed by atoms with E-state index in [1.807, 2.05) is 36.9 Å². The van der Waals surface area contributed by atoms with Crippen molar-refractivity contribution in [2.45, 2.75) is 39.2 Å². The van der Waals surface area contributed by atoms with E-state index in [9.17, 15) is 4.79 Å². The molecule has 1 fully saturated rings. The van der Waals surface area contributed by atoms with E-state index in [4.69, 9.17) is 4.42 Å². The summed E-state index contributed by atoms with van der Waals surface area (Å²) in [6.07, 6.45) is 9.50. The summed E-state index contributed by atoms with van der Waals surface area (Å²) in [5.74, 6) is 1.13. The van der Waals surface area contributed by atoms with Gasteiger partial charge >= 0.3 is 6.03 Å². The Hall–Kier alpha value is -2.82. The van der Waals surface area contributed by atoms with E-state index in [1.165, 1.54) is 12.0 Å². The van der Waals surface area contributed by atoms with Crippen LogP contribution in [0.25, 0.3) is 11.5 Å². The topological polar surface area (TPSA) is 58.4 Å². The number of hydrogen-bond acceptors (Lipinski definition) is 3. The molecule has 1 aromatic heterocycles. The summed E-state index contributed by atoms with van der Waals surface area (Å²) in [4.78, 5) is 19.4. The molecule has 5 nitrogen and oxygen atoms in total. The highest BCUT2D eigenvalue weighted by molar-refractivity contribution is 5.91. The fourth-order valence-electron chi connectivity index (χ4n) is 4.68. The number of aromatic nitrogens is 1. The minimum Gasteiger partial charge on any atom is -0.444 e. The molecule has 0 radical (unpaired) electrons. The van der Waals surface area contributed by atoms with Gasteiger partial charge in [0.05, 0.1) is 11.7 Å². The second kappa shape index (κ2) is 6.12. The van der Waals surface area contributed by atoms with Crippen LogP contribution in [0.1, 0.15) is 31.9 Å². The summed E-state index contributed by atoms with van der Waals surface area (Å²) >= 11 is 0. The first-order valence-electron chi connectivity index (χ1n) is 9.60. The maximum absolute atomic E-state index is 12.9. The van der Waals surface area contributed by atoms with Crippen LogP contribution in [0.15, 0.2) is 52.2 Å². The standard InChI is InChI=1S/C22H23N3O2.H2/c1-13-7-8-16(10-19(13)21-23-14(2)12-27-21)24-22(26)25-11-15-9-20(25)18-6-4-3-5-17(15)18;/h4,6-8,10,12,15,20H,3,5,9,11H2,1-2H3,(H,24,26);1H. The summed E-state index contributed by atoms with van der Waals surface area (Å²) in [6, 6.07) is 6.09. The Morgan fingerprint density at radius 2 is 2.26 bits per heavy atom. The zero-order valence-electron chi connectivity index (χ0n) is 15.7. The summed E-state index contributed by atoms with van der Waals surface area (Å²) < 4.78 is 5.54. The Labute approximate surface area is 160 Å². The number of nitrogens with one attached hydrogen (secondary N) is 1. The van der Waals surface area contributed by atoms with Crippen molar-refractivity contribution in [3.05, 3.63) is 59.0 Å². The van der Waals surface area contributed by atoms with Gasteiger partial charge in [0.2, 0.25) is 5.89 Å². The van der Waals surface area contributed by atoms with Crippen LogP contribution in [0.4, 0.5) is 10.5 Å². The SMILES string of the molecule is Cc1coc(-c2cc(NC(=O)N3CC4CC3C3=C4CCC=C3)ccc2C)n1.[HH]. The molecule has 1 aromatic carbocycles. The maximum atomic E-state index is 12.9. The average Bonchev–Trinajstić information content (AvgIpc) is 3.38. The van der Waals surface area contributed by atoms with E-state index >= 15 is 0 Å². The number of oxazole rings is 1. The predicted octanol–water partition coefficient (Wildman–Crippen LogP) is 5.09. The van der Waals surface area contributed by atoms with E-state index in [2.05, 4.69) is 22.5 Å². The van der Waals surface area contributed by atoms with Crippen LogP contribution in [-0.4, -0.2) is 28.5 Å². The third-order valence-corrected chi connectivity index (χ3v) is 6.00. The number of urea groups is 1. The molecule has 140 valence electrons. The van der Waals surface area contributed by atoms with Crippen LogP contribution < -0.4 is 5.32 Å². The number of nitrogens with zero attached hydrogens (tertiary/aromatic N) is 2. The molecule has 1 aliphatic heterocycles. The van der Waals surface area contributed by atoms with Crippen molar-refractivity contribution in [2.24, 2.45) is 5.92 Å². The van der Waals surface area contributed by atoms with Gasteiger partial charge in [-0.2, -0.15) is 0 Å². The van der Waals surface area contributed by atoms with Gasteiger partial charge in [-0.15, -0.1) is 0 Å². The van der Waals surface area contributed by atoms with Crippen LogP contribution in [0, 0.1) is 19.8 Å². The molecule has 2 aromatic rings. The quantitative estimate of drug-likeness (QED) is 0.809. The van der Waals surface area contributed by atoms with Crippen molar-refractivity contribution < 1.29 is 10.6 Å². The molecule has 0 spiro atoms. The van der Waals surface area contributed by atoms with Crippen molar-refractivity contribution >= 4 is 11.7 Å². The molecule has 2 atom stereocenters. The van der Waals surface area contributed by atoms with Gasteiger partial charge in [0.1, 0.15) is 6.26 Å². The highest BCUT2D eigenvalue weighted by atomic mass is 16.3. The van der Waals surface area contributed by atoms with E-state index in [-0.39, 0.29) is 13.5 Å². The van der Waals surface area contributed by atoms with Gasteiger partial charge in [-0.1, -0.05) is 23.8 Å². The van der Waals surface area contributed by atoms with E-state index < -0.39 is 0 Å². The Morgan fingerprint density at radius 3 is 3.07 bits per heavy atom. The molecular weight excluding hydrogens is 338 g/mol. The second-order valence-corrected chi connectivity index (χ2v) is 7.78. The number of carbonyl (C=O) groups excluding carboxylic acids is 1. The monoisotopic (exact) mass is 363 g/mol. The molecular formula is C22H25N3O2. The molecule has 2 unspecified atom stereocenters. The first kappa shape index (κ1) is 16.4. The summed E-state index contributed by atoms with van der Waals surface area (Å²) in [7, 11) is 0. The molecule has 1 saturated heterocycles. The van der Waals surface area contributed by atoms with Gasteiger partial charge in [-0.05, 0) is 56.4 Å². The van der Waals surface area contributed by atoms with Crippen molar-refractivity contribution in [3.8, 4) is 11.5 Å². The number of allylic oxidation sites excluding steroid dienone is 1. The zero-order valence-corrected chi connectivity index (χ0v) is 15.7. The molecule has 2 amide bonds. The highest BCUT2D eigenvalue weighted by Gasteiger charge is 2.45. The number of carbonyl (C=O) groups is 1. The highest BCUT2D eigenvalue weighted by Crippen LogP contribution is 2.46. The zero-order chi connectivity index (χ0) is 18.5. The van der Waals surface area contributed by atoms with Crippen LogP contribution in [0.3, 0.4) is 0 Å². The predicted molar refractivity (Wildman–Crippen MR) is 107 cm³/mol. The van der Waals surface area contributed by atoms with Crippen LogP contribution in [0.5, 0.6) is 0 Å². The van der Waals surface area contributed by atoms with Gasteiger partial charge < -0.3 is 14.6 Å². The molecule has 27 heavy (non-hydrogen) atoms. The number of rotatable bonds is 2. The molecule has 5 rings (SSSR count). The number of fused-ring (bicyclic) bond motifs is 4. The number of likely N-dealkylation sites (tertiary alicyclic amines) is 1. The Morgan fingerprint density at radius 1 is 1.37 bits per heavy atom. The lowest BCUT2D eigenvalue weighted by atomic mass is 9.91. The van der Waals surface area contributed by atoms with Crippen molar-refractivity contribution in [3.63, 3.8) is 0 Å². The lowest BCUT2D eigenvalue weighted by Gasteiger charge is -2.31. The maximum Gasteiger partial charge on any atom is 0.322 e. The third kappa shape index (κ3) is 2.69. The van der Waals surface area contributed by atoms with Crippen molar-refractivity contribution in [1.82, 2.24) is 9.88 Å². The van der Waals surface area contributed by atoms with Crippen molar-refractivity contribution in [2.75, 3.05) is 11.9 Å². The van der Waals surface area contributed by atoms with E-state index in [1.54, 1.807) is 11.8 Å². The molecule has 2 bridgehead atoms. The van der Waals surface area contributed by atoms with Gasteiger partial charge in [0.25, 0.3) is 0 Å². The third-order valence-electron chi connectivity index (χ3n) is 6.00. The van der Waals surface area contributed by atoms with E-state index in [0.29, 0.717) is 11.8 Å². The Bertz CT molecular complexity index is 991. The normalized spacial score (nSPS) is 23.1. The largest absolute Gasteiger partial charge is 0.444 e. The van der Waals surface area contributed by atoms with Gasteiger partial charge in [-0.25, -0.2) is 9.78 Å². The molecule has 5 heteroatoms. The second-order valence-electron chi connectivity index (χ2n) is 7.78. The number of amides is 2. The van der Waals surface area contributed by atoms with Gasteiger partial charge in [0, 0.05) is 25.1 Å². The van der Waals surface area contributed by atoms with Crippen LogP contribution >= 0.6 is 0 Å². The molecule has 2 aliphatic carbocycles. The van der Waals surface area contributed by atoms with Crippen molar-refractivity contribution in [1.29, 1.82) is 0 Å². The summed E-state index contributed by atoms with van der Waals surface area (Å²) in [5, 5.41) is 3.08. The number of aryl methyl sites for hydroxylation is 2. The first-order valence-corrected chi connectivity index (χ1v) is 9.60. The Kier molecular flexibility index (Phi) is 3.71. The Balaban J connectivity index is 0.00000192. The lowest BCUT2D eigenvalue weighted by molar-refractivity contribution is 0.210. The molecule has 1 N–H and O–H groups in total. The number of anilines is 1. The minimum absolute atomic E-state index is 0. The fourth-order valence-corrected chi connectivity index (χ4v) is 4.68. The van der Waals surface area contributed by atoms with Gasteiger partial charge in [0.15, 0.2) is 0 Å². The number of benzene rings is 1. The lowest BCUT2D eigenvalue weighted by Crippen LogP contribution is -2.41. The minimum atomic E-state index is -0.0218. The molecule has 0 saturated carbocycles. The summed E-state index contributed by atoms with van der Waals surface area (Å²) in [6.45, 7) is 4.75. The smallest absolute Gasteiger partial charge is 0.322 e. The molecule has 3 aliphatic rings. The average molecular weight is 363 g/mol. The molecule has 2 heterocycles.